The van der Waals surface area contributed by atoms with Gasteiger partial charge in [-0.25, -0.2) is 0 Å². The minimum Gasteiger partial charge on any atom is -0.481 e. The van der Waals surface area contributed by atoms with Crippen molar-refractivity contribution in [2.45, 2.75) is 51.6 Å². The first kappa shape index (κ1) is 13.8. The Morgan fingerprint density at radius 3 is 2.67 bits per heavy atom. The van der Waals surface area contributed by atoms with Crippen molar-refractivity contribution >= 4 is 5.97 Å². The molecule has 1 atom stereocenters. The van der Waals surface area contributed by atoms with Gasteiger partial charge in [0.05, 0.1) is 11.5 Å². The van der Waals surface area contributed by atoms with Gasteiger partial charge in [0.2, 0.25) is 0 Å². The minimum absolute atomic E-state index is 0.383. The number of piperidine rings is 1. The van der Waals surface area contributed by atoms with Gasteiger partial charge in [-0.3, -0.25) is 4.79 Å². The summed E-state index contributed by atoms with van der Waals surface area (Å²) in [6.45, 7) is 5.77. The van der Waals surface area contributed by atoms with Crippen molar-refractivity contribution in [3.63, 3.8) is 0 Å². The zero-order chi connectivity index (χ0) is 13.0. The predicted octanol–water partition coefficient (Wildman–Crippen LogP) is 2.13. The second kappa shape index (κ2) is 6.02. The molecule has 0 aromatic heterocycles. The fourth-order valence-electron chi connectivity index (χ4n) is 3.29. The maximum absolute atomic E-state index is 11.5. The fourth-order valence-corrected chi connectivity index (χ4v) is 3.29. The number of carbonyl (C=O) groups is 1. The van der Waals surface area contributed by atoms with Gasteiger partial charge in [0.25, 0.3) is 0 Å². The fraction of sp³-hybridized carbons (Fsp3) is 0.929. The molecule has 0 radical (unpaired) electrons. The lowest BCUT2D eigenvalue weighted by atomic mass is 9.75. The van der Waals surface area contributed by atoms with Crippen LogP contribution in [0.4, 0.5) is 0 Å². The van der Waals surface area contributed by atoms with Crippen LogP contribution in [-0.4, -0.2) is 48.3 Å². The molecule has 2 fully saturated rings. The zero-order valence-electron chi connectivity index (χ0n) is 11.4. The number of carboxylic acid groups (broad SMARTS) is 1. The number of aliphatic carboxylic acids is 1. The van der Waals surface area contributed by atoms with E-state index in [1.54, 1.807) is 0 Å². The van der Waals surface area contributed by atoms with E-state index in [0.717, 1.165) is 58.3 Å². The summed E-state index contributed by atoms with van der Waals surface area (Å²) in [5, 5.41) is 9.45. The normalized spacial score (nSPS) is 28.4. The summed E-state index contributed by atoms with van der Waals surface area (Å²) in [6, 6.07) is 0. The van der Waals surface area contributed by atoms with Crippen molar-refractivity contribution in [1.82, 2.24) is 4.90 Å². The molecule has 2 heterocycles. The number of ether oxygens (including phenoxy) is 1. The van der Waals surface area contributed by atoms with Crippen molar-refractivity contribution < 1.29 is 14.6 Å². The molecule has 0 saturated carbocycles. The number of nitrogens with zero attached hydrogens (tertiary/aromatic N) is 1. The standard InChI is InChI=1S/C14H25NO3/c1-2-5-14(13(16)17)6-8-15(9-7-14)11-12-4-3-10-18-12/h12H,2-11H2,1H3,(H,16,17). The summed E-state index contributed by atoms with van der Waals surface area (Å²) in [5.41, 5.74) is -0.457. The van der Waals surface area contributed by atoms with E-state index in [1.807, 2.05) is 0 Å². The molecular formula is C14H25NO3. The monoisotopic (exact) mass is 255 g/mol. The molecule has 0 amide bonds. The Labute approximate surface area is 109 Å². The van der Waals surface area contributed by atoms with Gasteiger partial charge in [-0.05, 0) is 45.2 Å². The molecule has 0 aromatic rings. The molecule has 0 spiro atoms. The number of hydrogen-bond acceptors (Lipinski definition) is 3. The molecule has 0 bridgehead atoms. The molecule has 1 N–H and O–H groups in total. The van der Waals surface area contributed by atoms with E-state index in [1.165, 1.54) is 6.42 Å². The summed E-state index contributed by atoms with van der Waals surface area (Å²) in [4.78, 5) is 13.9. The third-order valence-electron chi connectivity index (χ3n) is 4.48. The van der Waals surface area contributed by atoms with E-state index in [0.29, 0.717) is 6.10 Å². The highest BCUT2D eigenvalue weighted by molar-refractivity contribution is 5.74. The second-order valence-electron chi connectivity index (χ2n) is 5.77. The van der Waals surface area contributed by atoms with Gasteiger partial charge in [0.15, 0.2) is 0 Å². The average Bonchev–Trinajstić information content (AvgIpc) is 2.85. The Bertz CT molecular complexity index is 279. The molecule has 104 valence electrons. The highest BCUT2D eigenvalue weighted by Gasteiger charge is 2.40. The molecular weight excluding hydrogens is 230 g/mol. The van der Waals surface area contributed by atoms with Gasteiger partial charge in [-0.1, -0.05) is 13.3 Å². The molecule has 1 unspecified atom stereocenters. The Kier molecular flexibility index (Phi) is 4.62. The van der Waals surface area contributed by atoms with E-state index < -0.39 is 11.4 Å². The molecule has 0 aromatic carbocycles. The first-order valence-electron chi connectivity index (χ1n) is 7.24. The van der Waals surface area contributed by atoms with Gasteiger partial charge in [-0.2, -0.15) is 0 Å². The van der Waals surface area contributed by atoms with Crippen LogP contribution >= 0.6 is 0 Å². The highest BCUT2D eigenvalue weighted by atomic mass is 16.5. The van der Waals surface area contributed by atoms with E-state index in [-0.39, 0.29) is 0 Å². The zero-order valence-corrected chi connectivity index (χ0v) is 11.4. The van der Waals surface area contributed by atoms with Crippen LogP contribution in [0.25, 0.3) is 0 Å². The molecule has 2 aliphatic heterocycles. The van der Waals surface area contributed by atoms with E-state index in [9.17, 15) is 9.90 Å². The van der Waals surface area contributed by atoms with Crippen molar-refractivity contribution in [1.29, 1.82) is 0 Å². The smallest absolute Gasteiger partial charge is 0.309 e. The van der Waals surface area contributed by atoms with E-state index >= 15 is 0 Å². The SMILES string of the molecule is CCCC1(C(=O)O)CCN(CC2CCCO2)CC1. The van der Waals surface area contributed by atoms with Crippen LogP contribution in [-0.2, 0) is 9.53 Å². The molecule has 4 nitrogen and oxygen atoms in total. The first-order valence-corrected chi connectivity index (χ1v) is 7.24. The Balaban J connectivity index is 1.83. The lowest BCUT2D eigenvalue weighted by Gasteiger charge is -2.39. The molecule has 2 aliphatic rings. The number of carboxylic acids is 1. The second-order valence-corrected chi connectivity index (χ2v) is 5.77. The van der Waals surface area contributed by atoms with Crippen LogP contribution in [0.1, 0.15) is 45.4 Å². The average molecular weight is 255 g/mol. The molecule has 2 rings (SSSR count). The molecule has 18 heavy (non-hydrogen) atoms. The summed E-state index contributed by atoms with van der Waals surface area (Å²) in [6.07, 6.45) is 6.08. The predicted molar refractivity (Wildman–Crippen MR) is 69.6 cm³/mol. The highest BCUT2D eigenvalue weighted by Crippen LogP contribution is 2.36. The van der Waals surface area contributed by atoms with E-state index in [4.69, 9.17) is 4.74 Å². The molecule has 2 saturated heterocycles. The van der Waals surface area contributed by atoms with Gasteiger partial charge in [-0.15, -0.1) is 0 Å². The minimum atomic E-state index is -0.596. The quantitative estimate of drug-likeness (QED) is 0.817. The summed E-state index contributed by atoms with van der Waals surface area (Å²) in [5.74, 6) is -0.596. The van der Waals surface area contributed by atoms with Crippen molar-refractivity contribution in [3.8, 4) is 0 Å². The van der Waals surface area contributed by atoms with Crippen LogP contribution in [0, 0.1) is 5.41 Å². The largest absolute Gasteiger partial charge is 0.481 e. The number of hydrogen-bond donors (Lipinski definition) is 1. The van der Waals surface area contributed by atoms with Crippen LogP contribution < -0.4 is 0 Å². The third kappa shape index (κ3) is 3.04. The molecule has 4 heteroatoms. The van der Waals surface area contributed by atoms with Gasteiger partial charge in [0.1, 0.15) is 0 Å². The Morgan fingerprint density at radius 2 is 2.17 bits per heavy atom. The van der Waals surface area contributed by atoms with Crippen molar-refractivity contribution in [2.24, 2.45) is 5.41 Å². The van der Waals surface area contributed by atoms with Crippen LogP contribution in [0.2, 0.25) is 0 Å². The van der Waals surface area contributed by atoms with Crippen LogP contribution in [0.5, 0.6) is 0 Å². The summed E-state index contributed by atoms with van der Waals surface area (Å²) < 4.78 is 5.64. The lowest BCUT2D eigenvalue weighted by Crippen LogP contribution is -2.46. The first-order chi connectivity index (χ1) is 8.66. The van der Waals surface area contributed by atoms with E-state index in [2.05, 4.69) is 11.8 Å². The molecule has 0 aliphatic carbocycles. The Hall–Kier alpha value is -0.610. The van der Waals surface area contributed by atoms with Crippen LogP contribution in [0.15, 0.2) is 0 Å². The summed E-state index contributed by atoms with van der Waals surface area (Å²) in [7, 11) is 0. The maximum atomic E-state index is 11.5. The van der Waals surface area contributed by atoms with Gasteiger partial charge >= 0.3 is 5.97 Å². The van der Waals surface area contributed by atoms with Crippen molar-refractivity contribution in [2.75, 3.05) is 26.2 Å². The van der Waals surface area contributed by atoms with Crippen LogP contribution in [0.3, 0.4) is 0 Å². The van der Waals surface area contributed by atoms with Crippen molar-refractivity contribution in [3.05, 3.63) is 0 Å². The Morgan fingerprint density at radius 1 is 1.44 bits per heavy atom. The topological polar surface area (TPSA) is 49.8 Å². The van der Waals surface area contributed by atoms with Gasteiger partial charge < -0.3 is 14.7 Å². The number of likely N-dealkylation sites (tertiary alicyclic amines) is 1. The summed E-state index contributed by atoms with van der Waals surface area (Å²) >= 11 is 0. The third-order valence-corrected chi connectivity index (χ3v) is 4.48. The maximum Gasteiger partial charge on any atom is 0.309 e. The number of rotatable bonds is 5. The lowest BCUT2D eigenvalue weighted by molar-refractivity contribution is -0.152. The van der Waals surface area contributed by atoms with Gasteiger partial charge in [0, 0.05) is 13.2 Å².